The number of imidazole rings is 1. The Morgan fingerprint density at radius 2 is 2.11 bits per heavy atom. The number of nitrogen functional groups attached to an aromatic ring is 1. The molecule has 3 N–H and O–H groups in total. The highest BCUT2D eigenvalue weighted by atomic mass is 15.2. The number of nitrogens with one attached hydrogen (secondary N) is 1. The summed E-state index contributed by atoms with van der Waals surface area (Å²) in [5.41, 5.74) is 6.27. The van der Waals surface area contributed by atoms with E-state index in [4.69, 9.17) is 5.84 Å². The molecule has 0 aliphatic rings. The van der Waals surface area contributed by atoms with Gasteiger partial charge in [-0.2, -0.15) is 0 Å². The summed E-state index contributed by atoms with van der Waals surface area (Å²) in [6, 6.07) is 11.6. The monoisotopic (exact) mass is 239 g/mol. The van der Waals surface area contributed by atoms with Gasteiger partial charge in [0.05, 0.1) is 16.7 Å². The van der Waals surface area contributed by atoms with Crippen LogP contribution in [0.25, 0.3) is 22.6 Å². The third-order valence-corrected chi connectivity index (χ3v) is 2.94. The van der Waals surface area contributed by atoms with Gasteiger partial charge in [0.15, 0.2) is 5.82 Å². The Morgan fingerprint density at radius 1 is 1.22 bits per heavy atom. The molecule has 0 spiro atoms. The molecule has 18 heavy (non-hydrogen) atoms. The van der Waals surface area contributed by atoms with Gasteiger partial charge in [-0.15, -0.1) is 0 Å². The summed E-state index contributed by atoms with van der Waals surface area (Å²) in [6.07, 6.45) is 1.77. The maximum atomic E-state index is 5.40. The standard InChI is InChI=1S/C13H13N5/c1-18-12-6-5-9(17-14)8-11(12)16-13(18)10-4-2-3-7-15-10/h2-8,17H,14H2,1H3. The first-order valence-corrected chi connectivity index (χ1v) is 5.64. The molecule has 0 saturated carbocycles. The van der Waals surface area contributed by atoms with Crippen molar-refractivity contribution in [1.82, 2.24) is 14.5 Å². The van der Waals surface area contributed by atoms with Crippen LogP contribution in [-0.4, -0.2) is 14.5 Å². The van der Waals surface area contributed by atoms with Gasteiger partial charge in [0, 0.05) is 13.2 Å². The lowest BCUT2D eigenvalue weighted by atomic mass is 10.3. The van der Waals surface area contributed by atoms with Crippen LogP contribution >= 0.6 is 0 Å². The smallest absolute Gasteiger partial charge is 0.159 e. The molecule has 1 aromatic carbocycles. The second kappa shape index (κ2) is 4.12. The molecule has 2 heterocycles. The van der Waals surface area contributed by atoms with E-state index < -0.39 is 0 Å². The predicted octanol–water partition coefficient (Wildman–Crippen LogP) is 1.92. The molecule has 0 atom stereocenters. The fourth-order valence-electron chi connectivity index (χ4n) is 2.01. The number of anilines is 1. The first kappa shape index (κ1) is 10.7. The number of benzene rings is 1. The third kappa shape index (κ3) is 1.61. The van der Waals surface area contributed by atoms with Gasteiger partial charge in [-0.3, -0.25) is 10.8 Å². The van der Waals surface area contributed by atoms with Crippen LogP contribution in [-0.2, 0) is 7.05 Å². The minimum absolute atomic E-state index is 0.841. The average Bonchev–Trinajstić information content (AvgIpc) is 2.76. The van der Waals surface area contributed by atoms with E-state index in [2.05, 4.69) is 15.4 Å². The minimum atomic E-state index is 0.841. The Bertz CT molecular complexity index is 687. The first-order chi connectivity index (χ1) is 8.79. The molecule has 0 radical (unpaired) electrons. The fraction of sp³-hybridized carbons (Fsp3) is 0.0769. The van der Waals surface area contributed by atoms with Crippen molar-refractivity contribution >= 4 is 16.7 Å². The number of fused-ring (bicyclic) bond motifs is 1. The van der Waals surface area contributed by atoms with Crippen molar-refractivity contribution < 1.29 is 0 Å². The SMILES string of the molecule is Cn1c(-c2ccccn2)nc2cc(NN)ccc21. The van der Waals surface area contributed by atoms with Gasteiger partial charge in [0.2, 0.25) is 0 Å². The van der Waals surface area contributed by atoms with Crippen molar-refractivity contribution in [2.24, 2.45) is 12.9 Å². The number of hydrogen-bond donors (Lipinski definition) is 2. The fourth-order valence-corrected chi connectivity index (χ4v) is 2.01. The number of nitrogens with two attached hydrogens (primary N) is 1. The molecule has 5 nitrogen and oxygen atoms in total. The summed E-state index contributed by atoms with van der Waals surface area (Å²) in [7, 11) is 1.98. The Balaban J connectivity index is 2.23. The van der Waals surface area contributed by atoms with Crippen molar-refractivity contribution in [3.63, 3.8) is 0 Å². The Hall–Kier alpha value is -2.40. The van der Waals surface area contributed by atoms with Gasteiger partial charge in [-0.1, -0.05) is 6.07 Å². The van der Waals surface area contributed by atoms with Gasteiger partial charge in [-0.25, -0.2) is 4.98 Å². The molecule has 0 bridgehead atoms. The van der Waals surface area contributed by atoms with Crippen LogP contribution in [0.2, 0.25) is 0 Å². The molecule has 3 rings (SSSR count). The highest BCUT2D eigenvalue weighted by Gasteiger charge is 2.10. The molecule has 0 aliphatic heterocycles. The Morgan fingerprint density at radius 3 is 2.83 bits per heavy atom. The second-order valence-electron chi connectivity index (χ2n) is 4.06. The second-order valence-corrected chi connectivity index (χ2v) is 4.06. The third-order valence-electron chi connectivity index (χ3n) is 2.94. The van der Waals surface area contributed by atoms with Crippen molar-refractivity contribution in [3.05, 3.63) is 42.6 Å². The van der Waals surface area contributed by atoms with Crippen molar-refractivity contribution in [2.45, 2.75) is 0 Å². The topological polar surface area (TPSA) is 68.8 Å². The van der Waals surface area contributed by atoms with Gasteiger partial charge < -0.3 is 9.99 Å². The van der Waals surface area contributed by atoms with E-state index in [0.29, 0.717) is 0 Å². The molecule has 0 fully saturated rings. The predicted molar refractivity (Wildman–Crippen MR) is 71.8 cm³/mol. The number of aromatic nitrogens is 3. The highest BCUT2D eigenvalue weighted by Crippen LogP contribution is 2.23. The van der Waals surface area contributed by atoms with Crippen LogP contribution in [0.3, 0.4) is 0 Å². The van der Waals surface area contributed by atoms with Crippen molar-refractivity contribution in [3.8, 4) is 11.5 Å². The minimum Gasteiger partial charge on any atom is -0.326 e. The van der Waals surface area contributed by atoms with Gasteiger partial charge in [0.25, 0.3) is 0 Å². The molecule has 3 aromatic rings. The highest BCUT2D eigenvalue weighted by molar-refractivity contribution is 5.83. The number of pyridine rings is 1. The molecule has 0 unspecified atom stereocenters. The van der Waals surface area contributed by atoms with E-state index in [-0.39, 0.29) is 0 Å². The molecule has 5 heteroatoms. The Labute approximate surface area is 104 Å². The summed E-state index contributed by atoms with van der Waals surface area (Å²) in [5.74, 6) is 6.25. The van der Waals surface area contributed by atoms with E-state index in [9.17, 15) is 0 Å². The van der Waals surface area contributed by atoms with Crippen LogP contribution in [0.5, 0.6) is 0 Å². The lowest BCUT2D eigenvalue weighted by molar-refractivity contribution is 0.950. The van der Waals surface area contributed by atoms with E-state index in [1.807, 2.05) is 48.0 Å². The molecule has 0 amide bonds. The number of aryl methyl sites for hydroxylation is 1. The van der Waals surface area contributed by atoms with Crippen LogP contribution in [0.1, 0.15) is 0 Å². The number of hydrogen-bond acceptors (Lipinski definition) is 4. The quantitative estimate of drug-likeness (QED) is 0.529. The zero-order valence-electron chi connectivity index (χ0n) is 9.96. The summed E-state index contributed by atoms with van der Waals surface area (Å²) < 4.78 is 2.03. The lowest BCUT2D eigenvalue weighted by Crippen LogP contribution is -2.06. The van der Waals surface area contributed by atoms with Crippen molar-refractivity contribution in [2.75, 3.05) is 5.43 Å². The van der Waals surface area contributed by atoms with Crippen LogP contribution < -0.4 is 11.3 Å². The van der Waals surface area contributed by atoms with E-state index in [1.165, 1.54) is 0 Å². The van der Waals surface area contributed by atoms with Crippen molar-refractivity contribution in [1.29, 1.82) is 0 Å². The van der Waals surface area contributed by atoms with E-state index >= 15 is 0 Å². The Kier molecular flexibility index (Phi) is 2.46. The van der Waals surface area contributed by atoms with Crippen LogP contribution in [0, 0.1) is 0 Å². The molecule has 0 aliphatic carbocycles. The lowest BCUT2D eigenvalue weighted by Gasteiger charge is -2.01. The summed E-state index contributed by atoms with van der Waals surface area (Å²) >= 11 is 0. The van der Waals surface area contributed by atoms with Gasteiger partial charge in [0.1, 0.15) is 5.69 Å². The molecule has 90 valence electrons. The molecular weight excluding hydrogens is 226 g/mol. The van der Waals surface area contributed by atoms with Crippen LogP contribution in [0.4, 0.5) is 5.69 Å². The average molecular weight is 239 g/mol. The number of nitrogens with zero attached hydrogens (tertiary/aromatic N) is 3. The first-order valence-electron chi connectivity index (χ1n) is 5.64. The molecule has 0 saturated heterocycles. The number of hydrazine groups is 1. The maximum Gasteiger partial charge on any atom is 0.159 e. The largest absolute Gasteiger partial charge is 0.326 e. The zero-order valence-corrected chi connectivity index (χ0v) is 9.96. The molecule has 2 aromatic heterocycles. The summed E-state index contributed by atoms with van der Waals surface area (Å²) in [6.45, 7) is 0. The van der Waals surface area contributed by atoms with Gasteiger partial charge in [-0.05, 0) is 30.3 Å². The summed E-state index contributed by atoms with van der Waals surface area (Å²) in [5, 5.41) is 0. The van der Waals surface area contributed by atoms with Gasteiger partial charge >= 0.3 is 0 Å². The summed E-state index contributed by atoms with van der Waals surface area (Å²) in [4.78, 5) is 8.92. The number of rotatable bonds is 2. The van der Waals surface area contributed by atoms with Crippen LogP contribution in [0.15, 0.2) is 42.6 Å². The van der Waals surface area contributed by atoms with E-state index in [1.54, 1.807) is 6.20 Å². The zero-order chi connectivity index (χ0) is 12.5. The van der Waals surface area contributed by atoms with E-state index in [0.717, 1.165) is 28.2 Å². The molecular formula is C13H13N5. The normalized spacial score (nSPS) is 10.8. The maximum absolute atomic E-state index is 5.40.